The number of benzene rings is 1. The zero-order chi connectivity index (χ0) is 14.1. The van der Waals surface area contributed by atoms with E-state index in [4.69, 9.17) is 4.74 Å². The summed E-state index contributed by atoms with van der Waals surface area (Å²) in [6, 6.07) is 8.62. The van der Waals surface area contributed by atoms with Crippen LogP contribution in [0.15, 0.2) is 24.3 Å². The van der Waals surface area contributed by atoms with Crippen molar-refractivity contribution in [1.82, 2.24) is 5.32 Å². The van der Waals surface area contributed by atoms with Crippen molar-refractivity contribution >= 4 is 0 Å². The Morgan fingerprint density at radius 3 is 2.21 bits per heavy atom. The van der Waals surface area contributed by atoms with Crippen molar-refractivity contribution in [2.45, 2.75) is 39.0 Å². The molecule has 1 saturated carbocycles. The maximum absolute atomic E-state index is 5.25. The van der Waals surface area contributed by atoms with E-state index in [2.05, 4.69) is 57.4 Å². The highest BCUT2D eigenvalue weighted by molar-refractivity contribution is 5.35. The molecule has 0 bridgehead atoms. The highest BCUT2D eigenvalue weighted by Gasteiger charge is 2.48. The number of likely N-dealkylation sites (N-methyl/N-ethyl adjacent to an activating group) is 1. The lowest BCUT2D eigenvalue weighted by molar-refractivity contribution is 0.0460. The van der Waals surface area contributed by atoms with E-state index < -0.39 is 0 Å². The topological polar surface area (TPSA) is 21.3 Å². The second-order valence-corrected chi connectivity index (χ2v) is 7.01. The zero-order valence-electron chi connectivity index (χ0n) is 12.9. The van der Waals surface area contributed by atoms with Gasteiger partial charge >= 0.3 is 0 Å². The minimum absolute atomic E-state index is 0.318. The Hall–Kier alpha value is -1.02. The van der Waals surface area contributed by atoms with Crippen molar-refractivity contribution < 1.29 is 4.74 Å². The molecule has 0 amide bonds. The fourth-order valence-corrected chi connectivity index (χ4v) is 3.26. The molecule has 1 N–H and O–H groups in total. The summed E-state index contributed by atoms with van der Waals surface area (Å²) in [6.07, 6.45) is 2.56. The molecule has 0 saturated heterocycles. The molecule has 106 valence electrons. The number of hydrogen-bond donors (Lipinski definition) is 1. The molecule has 1 aliphatic rings. The molecule has 0 aliphatic heterocycles. The second kappa shape index (κ2) is 5.16. The number of nitrogens with one attached hydrogen (secondary N) is 1. The number of hydrogen-bond acceptors (Lipinski definition) is 2. The Labute approximate surface area is 117 Å². The Bertz CT molecular complexity index is 410. The molecular formula is C17H27NO. The summed E-state index contributed by atoms with van der Waals surface area (Å²) < 4.78 is 5.25. The van der Waals surface area contributed by atoms with E-state index in [-0.39, 0.29) is 0 Å². The minimum atomic E-state index is 0.318. The van der Waals surface area contributed by atoms with Gasteiger partial charge in [-0.2, -0.15) is 0 Å². The van der Waals surface area contributed by atoms with Crippen LogP contribution in [0.3, 0.4) is 0 Å². The SMILES string of the molecule is CNCC1(c2ccc(OC)cc2)CC(C(C)(C)C)C1. The molecule has 1 aromatic carbocycles. The van der Waals surface area contributed by atoms with E-state index in [1.54, 1.807) is 7.11 Å². The lowest BCUT2D eigenvalue weighted by Crippen LogP contribution is -2.51. The highest BCUT2D eigenvalue weighted by atomic mass is 16.5. The van der Waals surface area contributed by atoms with Gasteiger partial charge in [0.2, 0.25) is 0 Å². The molecule has 1 fully saturated rings. The summed E-state index contributed by atoms with van der Waals surface area (Å²) in [5.74, 6) is 1.76. The highest BCUT2D eigenvalue weighted by Crippen LogP contribution is 2.54. The lowest BCUT2D eigenvalue weighted by Gasteiger charge is -2.53. The third-order valence-electron chi connectivity index (χ3n) is 4.72. The van der Waals surface area contributed by atoms with Gasteiger partial charge in [-0.25, -0.2) is 0 Å². The number of rotatable bonds is 4. The predicted molar refractivity (Wildman–Crippen MR) is 80.8 cm³/mol. The fraction of sp³-hybridized carbons (Fsp3) is 0.647. The maximum atomic E-state index is 5.25. The summed E-state index contributed by atoms with van der Waals surface area (Å²) in [7, 11) is 3.77. The summed E-state index contributed by atoms with van der Waals surface area (Å²) in [4.78, 5) is 0. The Balaban J connectivity index is 2.17. The van der Waals surface area contributed by atoms with Gasteiger partial charge in [-0.1, -0.05) is 32.9 Å². The van der Waals surface area contributed by atoms with E-state index >= 15 is 0 Å². The molecule has 0 atom stereocenters. The van der Waals surface area contributed by atoms with Gasteiger partial charge in [-0.15, -0.1) is 0 Å². The molecule has 1 aliphatic carbocycles. The summed E-state index contributed by atoms with van der Waals surface area (Å²) in [5.41, 5.74) is 2.19. The lowest BCUT2D eigenvalue weighted by atomic mass is 9.52. The van der Waals surface area contributed by atoms with Crippen LogP contribution in [-0.2, 0) is 5.41 Å². The Morgan fingerprint density at radius 2 is 1.79 bits per heavy atom. The van der Waals surface area contributed by atoms with E-state index in [9.17, 15) is 0 Å². The van der Waals surface area contributed by atoms with Crippen LogP contribution in [0.25, 0.3) is 0 Å². The quantitative estimate of drug-likeness (QED) is 0.894. The molecule has 2 heteroatoms. The number of ether oxygens (including phenoxy) is 1. The first kappa shape index (κ1) is 14.4. The van der Waals surface area contributed by atoms with Gasteiger partial charge in [0.1, 0.15) is 5.75 Å². The first-order valence-corrected chi connectivity index (χ1v) is 7.20. The zero-order valence-corrected chi connectivity index (χ0v) is 12.9. The molecule has 1 aromatic rings. The van der Waals surface area contributed by atoms with Crippen LogP contribution in [0.2, 0.25) is 0 Å². The van der Waals surface area contributed by atoms with Gasteiger partial charge in [0.05, 0.1) is 7.11 Å². The Kier molecular flexibility index (Phi) is 3.91. The molecule has 19 heavy (non-hydrogen) atoms. The van der Waals surface area contributed by atoms with E-state index in [0.717, 1.165) is 18.2 Å². The second-order valence-electron chi connectivity index (χ2n) is 7.01. The maximum Gasteiger partial charge on any atom is 0.118 e. The van der Waals surface area contributed by atoms with Crippen molar-refractivity contribution in [2.75, 3.05) is 20.7 Å². The van der Waals surface area contributed by atoms with Crippen LogP contribution >= 0.6 is 0 Å². The van der Waals surface area contributed by atoms with E-state index in [1.807, 2.05) is 0 Å². The third-order valence-corrected chi connectivity index (χ3v) is 4.72. The molecule has 0 unspecified atom stereocenters. The van der Waals surface area contributed by atoms with Gasteiger partial charge < -0.3 is 10.1 Å². The van der Waals surface area contributed by atoms with E-state index in [0.29, 0.717) is 10.8 Å². The minimum Gasteiger partial charge on any atom is -0.497 e. The van der Waals surface area contributed by atoms with E-state index in [1.165, 1.54) is 18.4 Å². The molecule has 0 heterocycles. The summed E-state index contributed by atoms with van der Waals surface area (Å²) in [6.45, 7) is 8.13. The smallest absolute Gasteiger partial charge is 0.118 e. The first-order chi connectivity index (χ1) is 8.91. The fourth-order valence-electron chi connectivity index (χ4n) is 3.26. The molecule has 0 spiro atoms. The van der Waals surface area contributed by atoms with Crippen molar-refractivity contribution in [3.63, 3.8) is 0 Å². The molecule has 0 aromatic heterocycles. The van der Waals surface area contributed by atoms with Crippen LogP contribution in [0, 0.1) is 11.3 Å². The van der Waals surface area contributed by atoms with Crippen LogP contribution in [0.1, 0.15) is 39.2 Å². The Morgan fingerprint density at radius 1 is 1.21 bits per heavy atom. The monoisotopic (exact) mass is 261 g/mol. The summed E-state index contributed by atoms with van der Waals surface area (Å²) in [5, 5.41) is 3.38. The molecular weight excluding hydrogens is 234 g/mol. The largest absolute Gasteiger partial charge is 0.497 e. The first-order valence-electron chi connectivity index (χ1n) is 7.20. The van der Waals surface area contributed by atoms with Crippen LogP contribution in [0.4, 0.5) is 0 Å². The average Bonchev–Trinajstić information content (AvgIpc) is 2.32. The third kappa shape index (κ3) is 2.79. The van der Waals surface area contributed by atoms with Gasteiger partial charge in [-0.05, 0) is 48.9 Å². The van der Waals surface area contributed by atoms with Crippen molar-refractivity contribution in [1.29, 1.82) is 0 Å². The standard InChI is InChI=1S/C17H27NO/c1-16(2,3)14-10-17(11-14,12-18-4)13-6-8-15(19-5)9-7-13/h6-9,14,18H,10-12H2,1-5H3. The molecule has 2 nitrogen and oxygen atoms in total. The normalized spacial score (nSPS) is 26.9. The average molecular weight is 261 g/mol. The van der Waals surface area contributed by atoms with Crippen LogP contribution in [-0.4, -0.2) is 20.7 Å². The van der Waals surface area contributed by atoms with Crippen LogP contribution < -0.4 is 10.1 Å². The molecule has 0 radical (unpaired) electrons. The van der Waals surface area contributed by atoms with Crippen LogP contribution in [0.5, 0.6) is 5.75 Å². The van der Waals surface area contributed by atoms with Gasteiger partial charge in [0, 0.05) is 12.0 Å². The van der Waals surface area contributed by atoms with Gasteiger partial charge in [-0.3, -0.25) is 0 Å². The van der Waals surface area contributed by atoms with Crippen molar-refractivity contribution in [2.24, 2.45) is 11.3 Å². The number of methoxy groups -OCH3 is 1. The summed E-state index contributed by atoms with van der Waals surface area (Å²) >= 11 is 0. The van der Waals surface area contributed by atoms with Gasteiger partial charge in [0.15, 0.2) is 0 Å². The van der Waals surface area contributed by atoms with Crippen molar-refractivity contribution in [3.8, 4) is 5.75 Å². The molecule has 2 rings (SSSR count). The van der Waals surface area contributed by atoms with Gasteiger partial charge in [0.25, 0.3) is 0 Å². The van der Waals surface area contributed by atoms with Crippen molar-refractivity contribution in [3.05, 3.63) is 29.8 Å². The predicted octanol–water partition coefficient (Wildman–Crippen LogP) is 3.61.